The second-order valence-electron chi connectivity index (χ2n) is 5.28. The highest BCUT2D eigenvalue weighted by molar-refractivity contribution is 7.17. The highest BCUT2D eigenvalue weighted by Gasteiger charge is 2.28. The predicted molar refractivity (Wildman–Crippen MR) is 85.0 cm³/mol. The molecule has 20 heavy (non-hydrogen) atoms. The Morgan fingerprint density at radius 2 is 2.15 bits per heavy atom. The Morgan fingerprint density at radius 1 is 1.40 bits per heavy atom. The molecule has 0 aromatic carbocycles. The van der Waals surface area contributed by atoms with Crippen molar-refractivity contribution < 1.29 is 4.79 Å². The Bertz CT molecular complexity index is 442. The maximum Gasteiger partial charge on any atom is 0.186 e. The van der Waals surface area contributed by atoms with Crippen LogP contribution in [0.25, 0.3) is 0 Å². The third-order valence-electron chi connectivity index (χ3n) is 4.07. The van der Waals surface area contributed by atoms with E-state index in [2.05, 4.69) is 30.6 Å². The molecule has 1 atom stereocenters. The topological polar surface area (TPSA) is 36.4 Å². The van der Waals surface area contributed by atoms with Gasteiger partial charge in [-0.05, 0) is 25.9 Å². The molecule has 5 heteroatoms. The molecule has 0 aliphatic carbocycles. The average molecular weight is 295 g/mol. The molecule has 4 nitrogen and oxygen atoms in total. The van der Waals surface area contributed by atoms with Gasteiger partial charge in [0.2, 0.25) is 0 Å². The van der Waals surface area contributed by atoms with Crippen LogP contribution in [0.3, 0.4) is 0 Å². The fourth-order valence-corrected chi connectivity index (χ4v) is 3.91. The largest absolute Gasteiger partial charge is 0.346 e. The van der Waals surface area contributed by atoms with E-state index in [1.165, 1.54) is 6.42 Å². The van der Waals surface area contributed by atoms with Crippen LogP contribution < -0.4 is 4.90 Å². The van der Waals surface area contributed by atoms with Gasteiger partial charge in [-0.3, -0.25) is 9.69 Å². The second-order valence-corrected chi connectivity index (χ2v) is 6.29. The smallest absolute Gasteiger partial charge is 0.186 e. The molecule has 1 unspecified atom stereocenters. The number of aldehydes is 1. The SMILES string of the molecule is CCCc1nc(N2CCC(N(CC)CC)C2)sc1C=O. The molecule has 0 amide bonds. The zero-order valence-electron chi connectivity index (χ0n) is 12.8. The Morgan fingerprint density at radius 3 is 2.75 bits per heavy atom. The van der Waals surface area contributed by atoms with Gasteiger partial charge in [0.25, 0.3) is 0 Å². The van der Waals surface area contributed by atoms with E-state index in [0.717, 1.165) is 61.0 Å². The number of hydrogen-bond donors (Lipinski definition) is 0. The van der Waals surface area contributed by atoms with Gasteiger partial charge in [-0.2, -0.15) is 0 Å². The number of likely N-dealkylation sites (N-methyl/N-ethyl adjacent to an activating group) is 1. The minimum Gasteiger partial charge on any atom is -0.346 e. The molecule has 0 radical (unpaired) electrons. The lowest BCUT2D eigenvalue weighted by molar-refractivity contribution is 0.112. The van der Waals surface area contributed by atoms with E-state index >= 15 is 0 Å². The number of carbonyl (C=O) groups is 1. The first-order valence-electron chi connectivity index (χ1n) is 7.67. The summed E-state index contributed by atoms with van der Waals surface area (Å²) in [5, 5.41) is 1.03. The van der Waals surface area contributed by atoms with Crippen LogP contribution in [0.5, 0.6) is 0 Å². The lowest BCUT2D eigenvalue weighted by atomic mass is 10.2. The lowest BCUT2D eigenvalue weighted by Crippen LogP contribution is -2.37. The van der Waals surface area contributed by atoms with E-state index in [-0.39, 0.29) is 0 Å². The first kappa shape index (κ1) is 15.4. The van der Waals surface area contributed by atoms with Crippen LogP contribution in [0.1, 0.15) is 49.0 Å². The van der Waals surface area contributed by atoms with Gasteiger partial charge in [-0.25, -0.2) is 4.98 Å². The number of rotatable bonds is 7. The molecule has 0 saturated carbocycles. The summed E-state index contributed by atoms with van der Waals surface area (Å²) >= 11 is 1.55. The van der Waals surface area contributed by atoms with Crippen molar-refractivity contribution in [2.75, 3.05) is 31.1 Å². The summed E-state index contributed by atoms with van der Waals surface area (Å²) in [6, 6.07) is 0.628. The predicted octanol–water partition coefficient (Wildman–Crippen LogP) is 2.83. The summed E-state index contributed by atoms with van der Waals surface area (Å²) in [6.07, 6.45) is 4.09. The van der Waals surface area contributed by atoms with Crippen molar-refractivity contribution in [2.45, 2.75) is 46.1 Å². The zero-order chi connectivity index (χ0) is 14.5. The van der Waals surface area contributed by atoms with E-state index in [4.69, 9.17) is 4.98 Å². The summed E-state index contributed by atoms with van der Waals surface area (Å²) in [4.78, 5) is 21.5. The number of anilines is 1. The van der Waals surface area contributed by atoms with Crippen molar-refractivity contribution in [1.29, 1.82) is 0 Å². The molecule has 0 bridgehead atoms. The number of nitrogens with zero attached hydrogens (tertiary/aromatic N) is 3. The van der Waals surface area contributed by atoms with Gasteiger partial charge in [-0.15, -0.1) is 0 Å². The summed E-state index contributed by atoms with van der Waals surface area (Å²) in [7, 11) is 0. The Hall–Kier alpha value is -0.940. The van der Waals surface area contributed by atoms with Gasteiger partial charge in [0.1, 0.15) is 0 Å². The van der Waals surface area contributed by atoms with Crippen molar-refractivity contribution >= 4 is 22.8 Å². The average Bonchev–Trinajstić information content (AvgIpc) is 3.07. The summed E-state index contributed by atoms with van der Waals surface area (Å²) in [6.45, 7) is 10.9. The standard InChI is InChI=1S/C15H25N3OS/c1-4-7-13-14(11-19)20-15(16-13)18-9-8-12(10-18)17(5-2)6-3/h11-12H,4-10H2,1-3H3. The number of thiazole rings is 1. The van der Waals surface area contributed by atoms with Gasteiger partial charge in [0, 0.05) is 19.1 Å². The van der Waals surface area contributed by atoms with E-state index < -0.39 is 0 Å². The van der Waals surface area contributed by atoms with Crippen molar-refractivity contribution in [3.8, 4) is 0 Å². The molecule has 1 aliphatic rings. The van der Waals surface area contributed by atoms with Crippen molar-refractivity contribution in [3.63, 3.8) is 0 Å². The van der Waals surface area contributed by atoms with E-state index in [1.54, 1.807) is 11.3 Å². The molecule has 2 heterocycles. The number of aryl methyl sites for hydroxylation is 1. The van der Waals surface area contributed by atoms with Gasteiger partial charge in [0.05, 0.1) is 10.6 Å². The van der Waals surface area contributed by atoms with Crippen molar-refractivity contribution in [3.05, 3.63) is 10.6 Å². The first-order valence-corrected chi connectivity index (χ1v) is 8.48. The molecule has 1 saturated heterocycles. The molecule has 0 N–H and O–H groups in total. The van der Waals surface area contributed by atoms with E-state index in [1.807, 2.05) is 0 Å². The number of hydrogen-bond acceptors (Lipinski definition) is 5. The highest BCUT2D eigenvalue weighted by atomic mass is 32.1. The molecule has 112 valence electrons. The molecular formula is C15H25N3OS. The third-order valence-corrected chi connectivity index (χ3v) is 5.16. The summed E-state index contributed by atoms with van der Waals surface area (Å²) in [5.74, 6) is 0. The Kier molecular flexibility index (Phi) is 5.54. The lowest BCUT2D eigenvalue weighted by Gasteiger charge is -2.25. The van der Waals surface area contributed by atoms with Crippen LogP contribution in [0, 0.1) is 0 Å². The molecule has 2 rings (SSSR count). The van der Waals surface area contributed by atoms with Gasteiger partial charge in [-0.1, -0.05) is 38.5 Å². The molecule has 1 aliphatic heterocycles. The molecule has 1 aromatic rings. The fraction of sp³-hybridized carbons (Fsp3) is 0.733. The van der Waals surface area contributed by atoms with Gasteiger partial charge in [0.15, 0.2) is 11.4 Å². The normalized spacial score (nSPS) is 19.0. The monoisotopic (exact) mass is 295 g/mol. The van der Waals surface area contributed by atoms with Gasteiger partial charge >= 0.3 is 0 Å². The van der Waals surface area contributed by atoms with Crippen LogP contribution in [0.15, 0.2) is 0 Å². The van der Waals surface area contributed by atoms with Gasteiger partial charge < -0.3 is 4.90 Å². The Labute approximate surface area is 125 Å². The third kappa shape index (κ3) is 3.20. The molecule has 1 fully saturated rings. The van der Waals surface area contributed by atoms with Crippen LogP contribution in [0.2, 0.25) is 0 Å². The summed E-state index contributed by atoms with van der Waals surface area (Å²) in [5.41, 5.74) is 0.980. The van der Waals surface area contributed by atoms with Crippen LogP contribution in [-0.2, 0) is 6.42 Å². The van der Waals surface area contributed by atoms with E-state index in [0.29, 0.717) is 6.04 Å². The van der Waals surface area contributed by atoms with Crippen LogP contribution in [-0.4, -0.2) is 48.4 Å². The molecule has 0 spiro atoms. The number of aromatic nitrogens is 1. The van der Waals surface area contributed by atoms with E-state index in [9.17, 15) is 4.79 Å². The van der Waals surface area contributed by atoms with Crippen LogP contribution >= 0.6 is 11.3 Å². The maximum atomic E-state index is 11.1. The quantitative estimate of drug-likeness (QED) is 0.725. The maximum absolute atomic E-state index is 11.1. The minimum absolute atomic E-state index is 0.628. The summed E-state index contributed by atoms with van der Waals surface area (Å²) < 4.78 is 0. The second kappa shape index (κ2) is 7.18. The first-order chi connectivity index (χ1) is 9.73. The Balaban J connectivity index is 2.08. The fourth-order valence-electron chi connectivity index (χ4n) is 2.95. The zero-order valence-corrected chi connectivity index (χ0v) is 13.6. The molecule has 1 aromatic heterocycles. The highest BCUT2D eigenvalue weighted by Crippen LogP contribution is 2.29. The number of carbonyl (C=O) groups excluding carboxylic acids is 1. The van der Waals surface area contributed by atoms with Crippen LogP contribution in [0.4, 0.5) is 5.13 Å². The minimum atomic E-state index is 0.628. The van der Waals surface area contributed by atoms with Crippen molar-refractivity contribution in [2.24, 2.45) is 0 Å². The molecular weight excluding hydrogens is 270 g/mol. The van der Waals surface area contributed by atoms with Crippen molar-refractivity contribution in [1.82, 2.24) is 9.88 Å².